The van der Waals surface area contributed by atoms with Crippen LogP contribution in [0.2, 0.25) is 0 Å². The highest BCUT2D eigenvalue weighted by atomic mass is 16.3. The van der Waals surface area contributed by atoms with E-state index in [2.05, 4.69) is 9.97 Å². The SMILES string of the molecule is OC(=Cc1ncc(-c2ccccc2)cn1)c1ccccc1. The van der Waals surface area contributed by atoms with Crippen molar-refractivity contribution in [3.8, 4) is 11.1 Å². The third kappa shape index (κ3) is 3.15. The Balaban J connectivity index is 1.85. The second kappa shape index (κ2) is 6.01. The summed E-state index contributed by atoms with van der Waals surface area (Å²) in [5.74, 6) is 0.638. The van der Waals surface area contributed by atoms with E-state index in [1.807, 2.05) is 60.7 Å². The quantitative estimate of drug-likeness (QED) is 0.728. The van der Waals surface area contributed by atoms with E-state index in [0.717, 1.165) is 16.7 Å². The molecule has 0 fully saturated rings. The summed E-state index contributed by atoms with van der Waals surface area (Å²) in [4.78, 5) is 8.55. The Morgan fingerprint density at radius 1 is 0.762 bits per heavy atom. The van der Waals surface area contributed by atoms with Gasteiger partial charge in [-0.15, -0.1) is 0 Å². The number of aliphatic hydroxyl groups is 1. The van der Waals surface area contributed by atoms with Gasteiger partial charge in [-0.05, 0) is 5.56 Å². The molecular weight excluding hydrogens is 260 g/mol. The van der Waals surface area contributed by atoms with Gasteiger partial charge in [-0.1, -0.05) is 60.7 Å². The van der Waals surface area contributed by atoms with E-state index in [1.165, 1.54) is 0 Å². The lowest BCUT2D eigenvalue weighted by atomic mass is 10.1. The molecule has 0 atom stereocenters. The Kier molecular flexibility index (Phi) is 3.74. The molecule has 1 heterocycles. The molecule has 0 saturated carbocycles. The van der Waals surface area contributed by atoms with E-state index in [1.54, 1.807) is 18.5 Å². The highest BCUT2D eigenvalue weighted by molar-refractivity contribution is 5.74. The van der Waals surface area contributed by atoms with Crippen LogP contribution in [0, 0.1) is 0 Å². The van der Waals surface area contributed by atoms with Gasteiger partial charge >= 0.3 is 0 Å². The Morgan fingerprint density at radius 2 is 1.33 bits per heavy atom. The topological polar surface area (TPSA) is 46.0 Å². The molecule has 3 aromatic rings. The van der Waals surface area contributed by atoms with Crippen LogP contribution >= 0.6 is 0 Å². The molecule has 0 aliphatic rings. The number of benzene rings is 2. The first kappa shape index (κ1) is 13.1. The molecule has 1 N–H and O–H groups in total. The van der Waals surface area contributed by atoms with Gasteiger partial charge in [-0.25, -0.2) is 9.97 Å². The third-order valence-electron chi connectivity index (χ3n) is 3.11. The summed E-state index contributed by atoms with van der Waals surface area (Å²) in [6.45, 7) is 0. The zero-order valence-corrected chi connectivity index (χ0v) is 11.3. The number of hydrogen-bond acceptors (Lipinski definition) is 3. The molecule has 0 aliphatic carbocycles. The van der Waals surface area contributed by atoms with Gasteiger partial charge in [0.25, 0.3) is 0 Å². The summed E-state index contributed by atoms with van der Waals surface area (Å²) in [5.41, 5.74) is 2.76. The summed E-state index contributed by atoms with van der Waals surface area (Å²) in [7, 11) is 0. The van der Waals surface area contributed by atoms with E-state index in [-0.39, 0.29) is 5.76 Å². The predicted octanol–water partition coefficient (Wildman–Crippen LogP) is 4.20. The summed E-state index contributed by atoms with van der Waals surface area (Å²) < 4.78 is 0. The van der Waals surface area contributed by atoms with Crippen molar-refractivity contribution in [3.63, 3.8) is 0 Å². The maximum absolute atomic E-state index is 10.0. The van der Waals surface area contributed by atoms with Crippen molar-refractivity contribution >= 4 is 11.8 Å². The van der Waals surface area contributed by atoms with E-state index < -0.39 is 0 Å². The van der Waals surface area contributed by atoms with Gasteiger partial charge in [0, 0.05) is 29.6 Å². The number of hydrogen-bond donors (Lipinski definition) is 1. The van der Waals surface area contributed by atoms with E-state index >= 15 is 0 Å². The molecule has 102 valence electrons. The molecule has 0 saturated heterocycles. The van der Waals surface area contributed by atoms with Gasteiger partial charge in [-0.3, -0.25) is 0 Å². The first-order valence-electron chi connectivity index (χ1n) is 6.66. The lowest BCUT2D eigenvalue weighted by molar-refractivity contribution is 0.515. The van der Waals surface area contributed by atoms with Crippen LogP contribution in [0.1, 0.15) is 11.4 Å². The normalized spacial score (nSPS) is 11.3. The van der Waals surface area contributed by atoms with Crippen molar-refractivity contribution in [1.29, 1.82) is 0 Å². The van der Waals surface area contributed by atoms with Crippen molar-refractivity contribution in [1.82, 2.24) is 9.97 Å². The first-order valence-corrected chi connectivity index (χ1v) is 6.66. The van der Waals surface area contributed by atoms with Gasteiger partial charge in [0.1, 0.15) is 5.76 Å². The predicted molar refractivity (Wildman–Crippen MR) is 84.4 cm³/mol. The lowest BCUT2D eigenvalue weighted by Crippen LogP contribution is -1.90. The molecule has 3 nitrogen and oxygen atoms in total. The minimum Gasteiger partial charge on any atom is -0.507 e. The Labute approximate surface area is 123 Å². The molecule has 0 aliphatic heterocycles. The summed E-state index contributed by atoms with van der Waals surface area (Å²) in [6.07, 6.45) is 5.07. The second-order valence-corrected chi connectivity index (χ2v) is 4.59. The van der Waals surface area contributed by atoms with Gasteiger partial charge in [0.15, 0.2) is 5.82 Å². The van der Waals surface area contributed by atoms with E-state index in [9.17, 15) is 5.11 Å². The average Bonchev–Trinajstić information content (AvgIpc) is 2.57. The van der Waals surface area contributed by atoms with Crippen molar-refractivity contribution < 1.29 is 5.11 Å². The summed E-state index contributed by atoms with van der Waals surface area (Å²) in [6, 6.07) is 19.3. The van der Waals surface area contributed by atoms with Crippen LogP contribution in [0.3, 0.4) is 0 Å². The molecule has 1 aromatic heterocycles. The van der Waals surface area contributed by atoms with Crippen LogP contribution < -0.4 is 0 Å². The molecule has 0 amide bonds. The standard InChI is InChI=1S/C18H14N2O/c21-17(15-9-5-2-6-10-15)11-18-19-12-16(13-20-18)14-7-3-1-4-8-14/h1-13,21H. The lowest BCUT2D eigenvalue weighted by Gasteiger charge is -2.02. The second-order valence-electron chi connectivity index (χ2n) is 4.59. The van der Waals surface area contributed by atoms with Crippen molar-refractivity contribution in [2.75, 3.05) is 0 Å². The number of nitrogens with zero attached hydrogens (tertiary/aromatic N) is 2. The molecule has 0 bridgehead atoms. The van der Waals surface area contributed by atoms with Crippen LogP contribution in [0.25, 0.3) is 23.0 Å². The molecule has 2 aromatic carbocycles. The summed E-state index contributed by atoms with van der Waals surface area (Å²) >= 11 is 0. The maximum atomic E-state index is 10.0. The van der Waals surface area contributed by atoms with Crippen LogP contribution in [0.15, 0.2) is 73.1 Å². The minimum atomic E-state index is 0.156. The van der Waals surface area contributed by atoms with E-state index in [0.29, 0.717) is 5.82 Å². The molecule has 21 heavy (non-hydrogen) atoms. The van der Waals surface area contributed by atoms with Gasteiger partial charge in [0.05, 0.1) is 0 Å². The Hall–Kier alpha value is -2.94. The van der Waals surface area contributed by atoms with Crippen molar-refractivity contribution in [2.45, 2.75) is 0 Å². The highest BCUT2D eigenvalue weighted by Crippen LogP contribution is 2.18. The average molecular weight is 274 g/mol. The monoisotopic (exact) mass is 274 g/mol. The molecule has 0 spiro atoms. The van der Waals surface area contributed by atoms with Crippen molar-refractivity contribution in [2.24, 2.45) is 0 Å². The number of aromatic nitrogens is 2. The Bertz CT molecular complexity index is 735. The van der Waals surface area contributed by atoms with Crippen molar-refractivity contribution in [3.05, 3.63) is 84.4 Å². The van der Waals surface area contributed by atoms with Gasteiger partial charge < -0.3 is 5.11 Å². The fourth-order valence-electron chi connectivity index (χ4n) is 2.01. The molecule has 3 rings (SSSR count). The Morgan fingerprint density at radius 3 is 1.95 bits per heavy atom. The van der Waals surface area contributed by atoms with Gasteiger partial charge in [0.2, 0.25) is 0 Å². The smallest absolute Gasteiger partial charge is 0.155 e. The van der Waals surface area contributed by atoms with Crippen LogP contribution in [0.5, 0.6) is 0 Å². The van der Waals surface area contributed by atoms with E-state index in [4.69, 9.17) is 0 Å². The molecule has 3 heteroatoms. The fraction of sp³-hybridized carbons (Fsp3) is 0. The zero-order valence-electron chi connectivity index (χ0n) is 11.3. The highest BCUT2D eigenvalue weighted by Gasteiger charge is 2.01. The molecule has 0 radical (unpaired) electrons. The molecular formula is C18H14N2O. The number of aliphatic hydroxyl groups excluding tert-OH is 1. The van der Waals surface area contributed by atoms with Crippen LogP contribution in [0.4, 0.5) is 0 Å². The van der Waals surface area contributed by atoms with Crippen LogP contribution in [-0.4, -0.2) is 15.1 Å². The minimum absolute atomic E-state index is 0.156. The van der Waals surface area contributed by atoms with Gasteiger partial charge in [-0.2, -0.15) is 0 Å². The number of rotatable bonds is 3. The summed E-state index contributed by atoms with van der Waals surface area (Å²) in [5, 5.41) is 10.0. The third-order valence-corrected chi connectivity index (χ3v) is 3.11. The fourth-order valence-corrected chi connectivity index (χ4v) is 2.01. The largest absolute Gasteiger partial charge is 0.507 e. The zero-order chi connectivity index (χ0) is 14.5. The molecule has 0 unspecified atom stereocenters. The van der Waals surface area contributed by atoms with Crippen LogP contribution in [-0.2, 0) is 0 Å². The first-order chi connectivity index (χ1) is 10.3. The maximum Gasteiger partial charge on any atom is 0.155 e.